The number of carbonyl (C=O) groups excluding carboxylic acids is 2. The molecule has 2 aromatic rings. The van der Waals surface area contributed by atoms with Gasteiger partial charge in [0, 0.05) is 25.2 Å². The van der Waals surface area contributed by atoms with Crippen molar-refractivity contribution in [2.24, 2.45) is 0 Å². The van der Waals surface area contributed by atoms with Crippen LogP contribution in [0.25, 0.3) is 11.3 Å². The molecule has 1 heterocycles. The highest BCUT2D eigenvalue weighted by Gasteiger charge is 2.13. The third-order valence-corrected chi connectivity index (χ3v) is 2.89. The van der Waals surface area contributed by atoms with Gasteiger partial charge in [0.25, 0.3) is 11.8 Å². The van der Waals surface area contributed by atoms with Crippen molar-refractivity contribution in [1.29, 1.82) is 0 Å². The molecule has 0 aliphatic heterocycles. The molecule has 0 spiro atoms. The molecule has 0 aliphatic rings. The van der Waals surface area contributed by atoms with Crippen molar-refractivity contribution >= 4 is 17.6 Å². The minimum atomic E-state index is -0.413. The smallest absolute Gasteiger partial charge is 0.273 e. The standard InChI is InChI=1S/C14H15N5O2/c1-16-13(20)9-5-3-4-8(6-9)10-7-18-12(15)11(19-10)14(21)17-2/h3-7H,1-2H3,(H2,15,18)(H,16,20)(H,17,21). The number of rotatable bonds is 3. The molecule has 0 unspecified atom stereocenters. The predicted octanol–water partition coefficient (Wildman–Crippen LogP) is 0.445. The molecule has 0 bridgehead atoms. The number of nitrogens with zero attached hydrogens (tertiary/aromatic N) is 2. The molecule has 2 amide bonds. The number of benzene rings is 1. The van der Waals surface area contributed by atoms with E-state index in [1.807, 2.05) is 0 Å². The van der Waals surface area contributed by atoms with E-state index in [4.69, 9.17) is 5.73 Å². The fraction of sp³-hybridized carbons (Fsp3) is 0.143. The number of hydrogen-bond donors (Lipinski definition) is 3. The van der Waals surface area contributed by atoms with Gasteiger partial charge in [0.15, 0.2) is 11.5 Å². The maximum Gasteiger partial charge on any atom is 0.273 e. The maximum atomic E-state index is 11.7. The first-order valence-electron chi connectivity index (χ1n) is 6.24. The lowest BCUT2D eigenvalue weighted by Crippen LogP contribution is -2.21. The zero-order valence-electron chi connectivity index (χ0n) is 11.7. The summed E-state index contributed by atoms with van der Waals surface area (Å²) in [7, 11) is 3.05. The van der Waals surface area contributed by atoms with Crippen LogP contribution in [0.1, 0.15) is 20.8 Å². The Kier molecular flexibility index (Phi) is 4.13. The summed E-state index contributed by atoms with van der Waals surface area (Å²) < 4.78 is 0. The molecule has 2 rings (SSSR count). The third kappa shape index (κ3) is 2.97. The fourth-order valence-electron chi connectivity index (χ4n) is 1.79. The van der Waals surface area contributed by atoms with E-state index in [9.17, 15) is 9.59 Å². The Hall–Kier alpha value is -2.96. The van der Waals surface area contributed by atoms with Gasteiger partial charge in [-0.1, -0.05) is 12.1 Å². The lowest BCUT2D eigenvalue weighted by molar-refractivity contribution is 0.0952. The Morgan fingerprint density at radius 2 is 1.86 bits per heavy atom. The molecule has 4 N–H and O–H groups in total. The van der Waals surface area contributed by atoms with E-state index in [2.05, 4.69) is 20.6 Å². The minimum absolute atomic E-state index is 0.0559. The molecule has 1 aromatic carbocycles. The number of anilines is 1. The van der Waals surface area contributed by atoms with Gasteiger partial charge in [0.05, 0.1) is 11.9 Å². The largest absolute Gasteiger partial charge is 0.382 e. The summed E-state index contributed by atoms with van der Waals surface area (Å²) in [5.74, 6) is -0.559. The van der Waals surface area contributed by atoms with Gasteiger partial charge in [-0.15, -0.1) is 0 Å². The van der Waals surface area contributed by atoms with Gasteiger partial charge in [-0.2, -0.15) is 0 Å². The van der Waals surface area contributed by atoms with E-state index in [-0.39, 0.29) is 17.4 Å². The summed E-state index contributed by atoms with van der Waals surface area (Å²) in [4.78, 5) is 31.5. The molecular formula is C14H15N5O2. The quantitative estimate of drug-likeness (QED) is 0.758. The van der Waals surface area contributed by atoms with Gasteiger partial charge >= 0.3 is 0 Å². The minimum Gasteiger partial charge on any atom is -0.382 e. The SMILES string of the molecule is CNC(=O)c1cccc(-c2cnc(N)c(C(=O)NC)n2)c1. The number of hydrogen-bond acceptors (Lipinski definition) is 5. The second-order valence-electron chi connectivity index (χ2n) is 4.23. The Morgan fingerprint density at radius 3 is 2.52 bits per heavy atom. The Bertz CT molecular complexity index is 700. The first kappa shape index (κ1) is 14.4. The molecule has 21 heavy (non-hydrogen) atoms. The number of nitrogens with one attached hydrogen (secondary N) is 2. The molecule has 108 valence electrons. The average molecular weight is 285 g/mol. The van der Waals surface area contributed by atoms with Crippen LogP contribution >= 0.6 is 0 Å². The summed E-state index contributed by atoms with van der Waals surface area (Å²) in [6, 6.07) is 6.87. The highest BCUT2D eigenvalue weighted by molar-refractivity contribution is 5.97. The third-order valence-electron chi connectivity index (χ3n) is 2.89. The van der Waals surface area contributed by atoms with Crippen LogP contribution in [0.4, 0.5) is 5.82 Å². The second kappa shape index (κ2) is 6.00. The molecule has 7 nitrogen and oxygen atoms in total. The molecule has 0 fully saturated rings. The molecule has 0 radical (unpaired) electrons. The van der Waals surface area contributed by atoms with Crippen molar-refractivity contribution in [1.82, 2.24) is 20.6 Å². The van der Waals surface area contributed by atoms with Crippen molar-refractivity contribution in [3.8, 4) is 11.3 Å². The average Bonchev–Trinajstić information content (AvgIpc) is 2.54. The van der Waals surface area contributed by atoms with Crippen LogP contribution < -0.4 is 16.4 Å². The van der Waals surface area contributed by atoms with Crippen LogP contribution in [0, 0.1) is 0 Å². The molecule has 1 aromatic heterocycles. The van der Waals surface area contributed by atoms with Gasteiger partial charge in [-0.05, 0) is 12.1 Å². The lowest BCUT2D eigenvalue weighted by atomic mass is 10.1. The zero-order valence-corrected chi connectivity index (χ0v) is 11.7. The monoisotopic (exact) mass is 285 g/mol. The van der Waals surface area contributed by atoms with Crippen molar-refractivity contribution < 1.29 is 9.59 Å². The van der Waals surface area contributed by atoms with E-state index in [0.717, 1.165) is 0 Å². The molecule has 7 heteroatoms. The Balaban J connectivity index is 2.47. The van der Waals surface area contributed by atoms with Crippen LogP contribution in [0.5, 0.6) is 0 Å². The van der Waals surface area contributed by atoms with Gasteiger partial charge < -0.3 is 16.4 Å². The first-order valence-corrected chi connectivity index (χ1v) is 6.24. The highest BCUT2D eigenvalue weighted by atomic mass is 16.2. The number of carbonyl (C=O) groups is 2. The van der Waals surface area contributed by atoms with Gasteiger partial charge in [0.2, 0.25) is 0 Å². The molecule has 0 atom stereocenters. The molecular weight excluding hydrogens is 270 g/mol. The van der Waals surface area contributed by atoms with Gasteiger partial charge in [0.1, 0.15) is 0 Å². The first-order chi connectivity index (χ1) is 10.1. The van der Waals surface area contributed by atoms with Crippen molar-refractivity contribution in [3.63, 3.8) is 0 Å². The topological polar surface area (TPSA) is 110 Å². The van der Waals surface area contributed by atoms with Gasteiger partial charge in [-0.25, -0.2) is 9.97 Å². The Morgan fingerprint density at radius 1 is 1.14 bits per heavy atom. The van der Waals surface area contributed by atoms with Crippen molar-refractivity contribution in [2.45, 2.75) is 0 Å². The van der Waals surface area contributed by atoms with Crippen LogP contribution in [0.3, 0.4) is 0 Å². The van der Waals surface area contributed by atoms with Crippen LogP contribution in [-0.2, 0) is 0 Å². The van der Waals surface area contributed by atoms with Gasteiger partial charge in [-0.3, -0.25) is 9.59 Å². The number of nitrogen functional groups attached to an aromatic ring is 1. The zero-order chi connectivity index (χ0) is 15.4. The molecule has 0 aliphatic carbocycles. The predicted molar refractivity (Wildman–Crippen MR) is 78.7 cm³/mol. The summed E-state index contributed by atoms with van der Waals surface area (Å²) >= 11 is 0. The molecule has 0 saturated heterocycles. The Labute approximate surface area is 121 Å². The summed E-state index contributed by atoms with van der Waals surface area (Å²) in [6.45, 7) is 0. The summed E-state index contributed by atoms with van der Waals surface area (Å²) in [6.07, 6.45) is 1.46. The molecule has 0 saturated carbocycles. The van der Waals surface area contributed by atoms with E-state index in [1.165, 1.54) is 13.2 Å². The lowest BCUT2D eigenvalue weighted by Gasteiger charge is -2.07. The number of nitrogens with two attached hydrogens (primary N) is 1. The van der Waals surface area contributed by atoms with Crippen molar-refractivity contribution in [3.05, 3.63) is 41.7 Å². The van der Waals surface area contributed by atoms with E-state index in [0.29, 0.717) is 16.8 Å². The summed E-state index contributed by atoms with van der Waals surface area (Å²) in [5, 5.41) is 5.00. The van der Waals surface area contributed by atoms with Crippen molar-refractivity contribution in [2.75, 3.05) is 19.8 Å². The number of amides is 2. The van der Waals surface area contributed by atoms with E-state index in [1.54, 1.807) is 31.3 Å². The maximum absolute atomic E-state index is 11.7. The number of aromatic nitrogens is 2. The second-order valence-corrected chi connectivity index (χ2v) is 4.23. The van der Waals surface area contributed by atoms with Crippen LogP contribution in [0.2, 0.25) is 0 Å². The highest BCUT2D eigenvalue weighted by Crippen LogP contribution is 2.19. The van der Waals surface area contributed by atoms with E-state index >= 15 is 0 Å². The van der Waals surface area contributed by atoms with Crippen LogP contribution in [-0.4, -0.2) is 35.9 Å². The summed E-state index contributed by atoms with van der Waals surface area (Å²) in [5.41, 5.74) is 7.34. The van der Waals surface area contributed by atoms with Crippen LogP contribution in [0.15, 0.2) is 30.5 Å². The van der Waals surface area contributed by atoms with E-state index < -0.39 is 5.91 Å². The fourth-order valence-corrected chi connectivity index (χ4v) is 1.79. The normalized spacial score (nSPS) is 10.0.